The zero-order valence-corrected chi connectivity index (χ0v) is 11.5. The van der Waals surface area contributed by atoms with Crippen molar-refractivity contribution in [2.45, 2.75) is 13.5 Å². The summed E-state index contributed by atoms with van der Waals surface area (Å²) in [5.74, 6) is -1.71. The monoisotopic (exact) mass is 291 g/mol. The van der Waals surface area contributed by atoms with Crippen molar-refractivity contribution in [3.8, 4) is 5.75 Å². The largest absolute Gasteiger partial charge is 0.494 e. The number of ether oxygens (including phenoxy) is 1. The second kappa shape index (κ2) is 6.83. The topological polar surface area (TPSA) is 38.3 Å². The van der Waals surface area contributed by atoms with Crippen molar-refractivity contribution in [2.75, 3.05) is 6.61 Å². The molecule has 0 saturated carbocycles. The summed E-state index contributed by atoms with van der Waals surface area (Å²) in [4.78, 5) is 11.8. The summed E-state index contributed by atoms with van der Waals surface area (Å²) in [5, 5.41) is 2.64. The van der Waals surface area contributed by atoms with E-state index < -0.39 is 17.5 Å². The van der Waals surface area contributed by atoms with E-state index in [9.17, 15) is 13.6 Å². The standard InChI is InChI=1S/C16H15F2NO2/c1-2-21-13-6-3-11(4-7-13)10-19-16(20)12-5-8-14(17)15(18)9-12/h3-9H,2,10H2,1H3,(H,19,20). The van der Waals surface area contributed by atoms with Gasteiger partial charge < -0.3 is 10.1 Å². The van der Waals surface area contributed by atoms with Crippen molar-refractivity contribution in [2.24, 2.45) is 0 Å². The number of rotatable bonds is 5. The Morgan fingerprint density at radius 1 is 1.10 bits per heavy atom. The van der Waals surface area contributed by atoms with Gasteiger partial charge in [0.2, 0.25) is 0 Å². The second-order valence-electron chi connectivity index (χ2n) is 4.39. The van der Waals surface area contributed by atoms with Gasteiger partial charge in [-0.2, -0.15) is 0 Å². The summed E-state index contributed by atoms with van der Waals surface area (Å²) in [5.41, 5.74) is 0.967. The van der Waals surface area contributed by atoms with E-state index in [1.165, 1.54) is 6.07 Å². The van der Waals surface area contributed by atoms with E-state index in [0.717, 1.165) is 23.4 Å². The molecule has 3 nitrogen and oxygen atoms in total. The second-order valence-corrected chi connectivity index (χ2v) is 4.39. The van der Waals surface area contributed by atoms with Gasteiger partial charge in [0.15, 0.2) is 11.6 Å². The van der Waals surface area contributed by atoms with Gasteiger partial charge in [-0.3, -0.25) is 4.79 Å². The number of amides is 1. The molecule has 0 bridgehead atoms. The number of halogens is 2. The smallest absolute Gasteiger partial charge is 0.251 e. The van der Waals surface area contributed by atoms with Gasteiger partial charge in [0.25, 0.3) is 5.91 Å². The maximum Gasteiger partial charge on any atom is 0.251 e. The minimum atomic E-state index is -1.04. The van der Waals surface area contributed by atoms with E-state index in [4.69, 9.17) is 4.74 Å². The lowest BCUT2D eigenvalue weighted by molar-refractivity contribution is 0.0950. The lowest BCUT2D eigenvalue weighted by atomic mass is 10.2. The Balaban J connectivity index is 1.95. The zero-order chi connectivity index (χ0) is 15.2. The Morgan fingerprint density at radius 2 is 1.81 bits per heavy atom. The van der Waals surface area contributed by atoms with Gasteiger partial charge in [0.1, 0.15) is 5.75 Å². The molecule has 21 heavy (non-hydrogen) atoms. The molecule has 0 aromatic heterocycles. The minimum Gasteiger partial charge on any atom is -0.494 e. The number of benzene rings is 2. The van der Waals surface area contributed by atoms with Crippen molar-refractivity contribution in [3.63, 3.8) is 0 Å². The number of carbonyl (C=O) groups excluding carboxylic acids is 1. The van der Waals surface area contributed by atoms with Gasteiger partial charge in [0.05, 0.1) is 6.61 Å². The Labute approximate surface area is 121 Å². The summed E-state index contributed by atoms with van der Waals surface area (Å²) in [6, 6.07) is 10.3. The molecule has 2 aromatic carbocycles. The third-order valence-corrected chi connectivity index (χ3v) is 2.87. The Hall–Kier alpha value is -2.43. The molecule has 0 unspecified atom stereocenters. The molecular formula is C16H15F2NO2. The fraction of sp³-hybridized carbons (Fsp3) is 0.188. The maximum absolute atomic E-state index is 13.1. The average molecular weight is 291 g/mol. The molecule has 5 heteroatoms. The average Bonchev–Trinajstić information content (AvgIpc) is 2.49. The van der Waals surface area contributed by atoms with Crippen LogP contribution < -0.4 is 10.1 Å². The molecule has 0 heterocycles. The highest BCUT2D eigenvalue weighted by molar-refractivity contribution is 5.94. The van der Waals surface area contributed by atoms with E-state index in [0.29, 0.717) is 13.2 Å². The Kier molecular flexibility index (Phi) is 4.87. The molecule has 0 aliphatic carbocycles. The van der Waals surface area contributed by atoms with E-state index in [-0.39, 0.29) is 5.56 Å². The number of carbonyl (C=O) groups is 1. The van der Waals surface area contributed by atoms with Gasteiger partial charge in [-0.15, -0.1) is 0 Å². The van der Waals surface area contributed by atoms with Gasteiger partial charge in [-0.1, -0.05) is 12.1 Å². The number of hydrogen-bond donors (Lipinski definition) is 1. The highest BCUT2D eigenvalue weighted by Crippen LogP contribution is 2.12. The van der Waals surface area contributed by atoms with Crippen LogP contribution in [-0.2, 0) is 6.54 Å². The van der Waals surface area contributed by atoms with E-state index in [1.807, 2.05) is 31.2 Å². The molecule has 0 atom stereocenters. The van der Waals surface area contributed by atoms with Crippen molar-refractivity contribution in [1.29, 1.82) is 0 Å². The van der Waals surface area contributed by atoms with E-state index in [2.05, 4.69) is 5.32 Å². The Bertz CT molecular complexity index is 627. The first-order valence-electron chi connectivity index (χ1n) is 6.55. The lowest BCUT2D eigenvalue weighted by Gasteiger charge is -2.07. The summed E-state index contributed by atoms with van der Waals surface area (Å²) in [7, 11) is 0. The van der Waals surface area contributed by atoms with Crippen molar-refractivity contribution in [1.82, 2.24) is 5.32 Å². The fourth-order valence-electron chi connectivity index (χ4n) is 1.79. The maximum atomic E-state index is 13.1. The highest BCUT2D eigenvalue weighted by Gasteiger charge is 2.09. The van der Waals surface area contributed by atoms with Crippen LogP contribution in [0.1, 0.15) is 22.8 Å². The molecule has 0 saturated heterocycles. The molecule has 110 valence electrons. The van der Waals surface area contributed by atoms with Crippen molar-refractivity contribution < 1.29 is 18.3 Å². The van der Waals surface area contributed by atoms with Crippen LogP contribution in [0.3, 0.4) is 0 Å². The molecular weight excluding hydrogens is 276 g/mol. The van der Waals surface area contributed by atoms with Crippen LogP contribution in [-0.4, -0.2) is 12.5 Å². The van der Waals surface area contributed by atoms with Gasteiger partial charge in [0, 0.05) is 12.1 Å². The summed E-state index contributed by atoms with van der Waals surface area (Å²) >= 11 is 0. The van der Waals surface area contributed by atoms with Crippen LogP contribution in [0.5, 0.6) is 5.75 Å². The first-order valence-corrected chi connectivity index (χ1v) is 6.55. The molecule has 0 radical (unpaired) electrons. The fourth-order valence-corrected chi connectivity index (χ4v) is 1.79. The van der Waals surface area contributed by atoms with Crippen LogP contribution in [0.15, 0.2) is 42.5 Å². The van der Waals surface area contributed by atoms with Crippen LogP contribution >= 0.6 is 0 Å². The van der Waals surface area contributed by atoms with Crippen LogP contribution in [0.25, 0.3) is 0 Å². The quantitative estimate of drug-likeness (QED) is 0.918. The summed E-state index contributed by atoms with van der Waals surface area (Å²) in [6.07, 6.45) is 0. The first kappa shape index (κ1) is 15.0. The zero-order valence-electron chi connectivity index (χ0n) is 11.5. The van der Waals surface area contributed by atoms with Crippen LogP contribution in [0.4, 0.5) is 8.78 Å². The molecule has 0 spiro atoms. The normalized spacial score (nSPS) is 10.2. The van der Waals surface area contributed by atoms with E-state index >= 15 is 0 Å². The predicted molar refractivity (Wildman–Crippen MR) is 75.1 cm³/mol. The van der Waals surface area contributed by atoms with Crippen molar-refractivity contribution in [3.05, 3.63) is 65.2 Å². The number of hydrogen-bond acceptors (Lipinski definition) is 2. The third-order valence-electron chi connectivity index (χ3n) is 2.87. The van der Waals surface area contributed by atoms with Crippen molar-refractivity contribution >= 4 is 5.91 Å². The molecule has 0 aliphatic heterocycles. The molecule has 1 N–H and O–H groups in total. The summed E-state index contributed by atoms with van der Waals surface area (Å²) in [6.45, 7) is 2.78. The molecule has 0 fully saturated rings. The van der Waals surface area contributed by atoms with Crippen LogP contribution in [0.2, 0.25) is 0 Å². The Morgan fingerprint density at radius 3 is 2.43 bits per heavy atom. The molecule has 2 aromatic rings. The summed E-state index contributed by atoms with van der Waals surface area (Å²) < 4.78 is 31.2. The lowest BCUT2D eigenvalue weighted by Crippen LogP contribution is -2.22. The van der Waals surface area contributed by atoms with E-state index in [1.54, 1.807) is 0 Å². The predicted octanol–water partition coefficient (Wildman–Crippen LogP) is 3.29. The molecule has 1 amide bonds. The molecule has 0 aliphatic rings. The molecule has 2 rings (SSSR count). The minimum absolute atomic E-state index is 0.0832. The highest BCUT2D eigenvalue weighted by atomic mass is 19.2. The first-order chi connectivity index (χ1) is 10.1. The van der Waals surface area contributed by atoms with Gasteiger partial charge in [-0.25, -0.2) is 8.78 Å². The van der Waals surface area contributed by atoms with Crippen LogP contribution in [0, 0.1) is 11.6 Å². The third kappa shape index (κ3) is 4.02. The number of nitrogens with one attached hydrogen (secondary N) is 1. The van der Waals surface area contributed by atoms with Gasteiger partial charge >= 0.3 is 0 Å². The van der Waals surface area contributed by atoms with Gasteiger partial charge in [-0.05, 0) is 42.8 Å². The SMILES string of the molecule is CCOc1ccc(CNC(=O)c2ccc(F)c(F)c2)cc1.